The van der Waals surface area contributed by atoms with Crippen LogP contribution in [0, 0.1) is 6.92 Å². The molecule has 0 fully saturated rings. The summed E-state index contributed by atoms with van der Waals surface area (Å²) in [4.78, 5) is 7.85. The van der Waals surface area contributed by atoms with Gasteiger partial charge in [0.2, 0.25) is 0 Å². The molecule has 0 aliphatic carbocycles. The quantitative estimate of drug-likeness (QED) is 0.333. The summed E-state index contributed by atoms with van der Waals surface area (Å²) in [7, 11) is 0. The van der Waals surface area contributed by atoms with Crippen molar-refractivity contribution in [1.82, 2.24) is 9.97 Å². The molecule has 4 aromatic rings. The average Bonchev–Trinajstić information content (AvgIpc) is 3.30. The number of furan rings is 1. The number of nitrogens with one attached hydrogen (secondary N) is 1. The molecule has 0 atom stereocenters. The third-order valence-corrected chi connectivity index (χ3v) is 4.85. The number of aliphatic hydroxyl groups is 3. The number of aromatic amines is 1. The van der Waals surface area contributed by atoms with Gasteiger partial charge in [-0.2, -0.15) is 0 Å². The van der Waals surface area contributed by atoms with Crippen LogP contribution >= 0.6 is 23.2 Å². The van der Waals surface area contributed by atoms with E-state index in [0.717, 1.165) is 17.0 Å². The molecule has 2 aromatic carbocycles. The minimum Gasteiger partial charge on any atom is -0.453 e. The number of imidazole rings is 1. The van der Waals surface area contributed by atoms with Gasteiger partial charge in [-0.05, 0) is 49.4 Å². The average molecular weight is 447 g/mol. The van der Waals surface area contributed by atoms with Crippen molar-refractivity contribution in [1.29, 1.82) is 0 Å². The number of hydrogen-bond donors (Lipinski definition) is 4. The number of ether oxygens (including phenoxy) is 1. The molecule has 0 bridgehead atoms. The molecule has 0 amide bonds. The van der Waals surface area contributed by atoms with Gasteiger partial charge in [-0.25, -0.2) is 4.98 Å². The lowest BCUT2D eigenvalue weighted by Crippen LogP contribution is -2.34. The van der Waals surface area contributed by atoms with Crippen molar-refractivity contribution in [3.63, 3.8) is 0 Å². The van der Waals surface area contributed by atoms with E-state index in [4.69, 9.17) is 42.9 Å². The van der Waals surface area contributed by atoms with Gasteiger partial charge in [0.15, 0.2) is 11.6 Å². The summed E-state index contributed by atoms with van der Waals surface area (Å²) in [6, 6.07) is 15.4. The Bertz CT molecular complexity index is 1190. The summed E-state index contributed by atoms with van der Waals surface area (Å²) in [5.41, 5.74) is 3.24. The molecule has 2 aromatic heterocycles. The molecule has 2 heterocycles. The molecule has 9 heteroatoms. The van der Waals surface area contributed by atoms with Crippen LogP contribution in [-0.2, 0) is 0 Å². The van der Waals surface area contributed by atoms with Crippen LogP contribution in [0.3, 0.4) is 0 Å². The Hall–Kier alpha value is -2.81. The fourth-order valence-electron chi connectivity index (χ4n) is 2.97. The fourth-order valence-corrected chi connectivity index (χ4v) is 3.32. The zero-order valence-corrected chi connectivity index (χ0v) is 17.1. The molecule has 0 unspecified atom stereocenters. The van der Waals surface area contributed by atoms with Crippen LogP contribution in [0.4, 0.5) is 0 Å². The highest BCUT2D eigenvalue weighted by molar-refractivity contribution is 6.32. The first-order valence-electron chi connectivity index (χ1n) is 8.78. The molecule has 154 valence electrons. The monoisotopic (exact) mass is 446 g/mol. The summed E-state index contributed by atoms with van der Waals surface area (Å²) in [5, 5.41) is 27.5. The van der Waals surface area contributed by atoms with Gasteiger partial charge >= 0.3 is 6.16 Å². The van der Waals surface area contributed by atoms with Crippen LogP contribution in [0.1, 0.15) is 5.69 Å². The van der Waals surface area contributed by atoms with Crippen LogP contribution in [0.15, 0.2) is 59.0 Å². The summed E-state index contributed by atoms with van der Waals surface area (Å²) in [5.74, 6) is 1.52. The number of rotatable bonds is 5. The lowest BCUT2D eigenvalue weighted by molar-refractivity contribution is -0.419. The molecule has 30 heavy (non-hydrogen) atoms. The molecule has 0 aliphatic heterocycles. The Morgan fingerprint density at radius 1 is 0.933 bits per heavy atom. The third-order valence-electron chi connectivity index (χ3n) is 4.31. The van der Waals surface area contributed by atoms with E-state index in [-0.39, 0.29) is 10.8 Å². The minimum atomic E-state index is -3.32. The molecule has 0 saturated carbocycles. The van der Waals surface area contributed by atoms with Crippen molar-refractivity contribution in [2.24, 2.45) is 0 Å². The third kappa shape index (κ3) is 4.35. The maximum Gasteiger partial charge on any atom is 0.453 e. The number of aryl methyl sites for hydroxylation is 1. The number of H-pyrrole nitrogens is 1. The van der Waals surface area contributed by atoms with Crippen LogP contribution in [0.5, 0.6) is 5.75 Å². The summed E-state index contributed by atoms with van der Waals surface area (Å²) in [6.07, 6.45) is -3.32. The normalized spacial score (nSPS) is 11.7. The van der Waals surface area contributed by atoms with Crippen LogP contribution in [0.2, 0.25) is 10.0 Å². The van der Waals surface area contributed by atoms with Crippen LogP contribution in [0.25, 0.3) is 34.2 Å². The Balaban J connectivity index is 1.61. The number of benzene rings is 2. The second kappa shape index (κ2) is 7.79. The molecular formula is C21H16Cl2N2O5. The Labute approximate surface area is 181 Å². The topological polar surface area (TPSA) is 112 Å². The highest BCUT2D eigenvalue weighted by Crippen LogP contribution is 2.34. The fraction of sp³-hybridized carbons (Fsp3) is 0.0952. The maximum absolute atomic E-state index is 8.93. The van der Waals surface area contributed by atoms with Gasteiger partial charge in [0.25, 0.3) is 0 Å². The predicted octanol–water partition coefficient (Wildman–Crippen LogP) is 4.59. The SMILES string of the molecule is Cc1[nH]c(-c2ccc(-c3ccc(OC(O)(O)O)c(Cl)c3)o2)nc1-c1ccc(Cl)cc1. The highest BCUT2D eigenvalue weighted by Gasteiger charge is 2.23. The van der Waals surface area contributed by atoms with Gasteiger partial charge in [-0.15, -0.1) is 0 Å². The van der Waals surface area contributed by atoms with Crippen molar-refractivity contribution in [2.45, 2.75) is 13.1 Å². The van der Waals surface area contributed by atoms with E-state index in [1.807, 2.05) is 19.1 Å². The molecule has 0 aliphatic rings. The summed E-state index contributed by atoms with van der Waals surface area (Å²) >= 11 is 12.0. The Kier molecular flexibility index (Phi) is 5.31. The number of halogens is 2. The molecule has 4 N–H and O–H groups in total. The summed E-state index contributed by atoms with van der Waals surface area (Å²) < 4.78 is 10.5. The first kappa shape index (κ1) is 20.5. The second-order valence-corrected chi connectivity index (χ2v) is 7.39. The number of nitrogens with zero attached hydrogens (tertiary/aromatic N) is 1. The van der Waals surface area contributed by atoms with Crippen molar-refractivity contribution in [3.8, 4) is 39.9 Å². The molecule has 0 radical (unpaired) electrons. The molecule has 0 saturated heterocycles. The van der Waals surface area contributed by atoms with Crippen molar-refractivity contribution in [3.05, 3.63) is 70.3 Å². The van der Waals surface area contributed by atoms with Crippen molar-refractivity contribution in [2.75, 3.05) is 0 Å². The Morgan fingerprint density at radius 3 is 2.27 bits per heavy atom. The molecule has 7 nitrogen and oxygen atoms in total. The largest absolute Gasteiger partial charge is 0.453 e. The minimum absolute atomic E-state index is 0.0610. The van der Waals surface area contributed by atoms with E-state index in [1.54, 1.807) is 30.3 Å². The van der Waals surface area contributed by atoms with E-state index in [2.05, 4.69) is 14.7 Å². The first-order valence-corrected chi connectivity index (χ1v) is 9.54. The van der Waals surface area contributed by atoms with Gasteiger partial charge in [-0.1, -0.05) is 35.3 Å². The van der Waals surface area contributed by atoms with E-state index in [0.29, 0.717) is 27.9 Å². The summed E-state index contributed by atoms with van der Waals surface area (Å²) in [6.45, 7) is 1.92. The predicted molar refractivity (Wildman–Crippen MR) is 112 cm³/mol. The van der Waals surface area contributed by atoms with Crippen LogP contribution in [-0.4, -0.2) is 31.4 Å². The van der Waals surface area contributed by atoms with E-state index in [9.17, 15) is 0 Å². The lowest BCUT2D eigenvalue weighted by atomic mass is 10.1. The van der Waals surface area contributed by atoms with Gasteiger partial charge < -0.3 is 29.5 Å². The van der Waals surface area contributed by atoms with Gasteiger partial charge in [0.05, 0.1) is 10.7 Å². The smallest absolute Gasteiger partial charge is 0.453 e. The van der Waals surface area contributed by atoms with E-state index >= 15 is 0 Å². The maximum atomic E-state index is 8.93. The first-order chi connectivity index (χ1) is 14.2. The molecule has 4 rings (SSSR count). The van der Waals surface area contributed by atoms with Crippen LogP contribution < -0.4 is 4.74 Å². The number of hydrogen-bond acceptors (Lipinski definition) is 6. The van der Waals surface area contributed by atoms with Crippen molar-refractivity contribution >= 4 is 23.2 Å². The van der Waals surface area contributed by atoms with Gasteiger partial charge in [-0.3, -0.25) is 0 Å². The van der Waals surface area contributed by atoms with Crippen molar-refractivity contribution < 1.29 is 24.5 Å². The van der Waals surface area contributed by atoms with Gasteiger partial charge in [0.1, 0.15) is 11.5 Å². The number of aromatic nitrogens is 2. The van der Waals surface area contributed by atoms with E-state index in [1.165, 1.54) is 12.1 Å². The Morgan fingerprint density at radius 2 is 1.60 bits per heavy atom. The highest BCUT2D eigenvalue weighted by atomic mass is 35.5. The molecular weight excluding hydrogens is 431 g/mol. The van der Waals surface area contributed by atoms with Gasteiger partial charge in [0, 0.05) is 21.8 Å². The zero-order chi connectivity index (χ0) is 21.5. The van der Waals surface area contributed by atoms with E-state index < -0.39 is 6.16 Å². The zero-order valence-electron chi connectivity index (χ0n) is 15.6. The standard InChI is InChI=1S/C21H16Cl2N2O5/c1-11-19(12-2-5-14(22)6-3-12)25-20(24-11)18-9-8-16(29-18)13-4-7-17(15(23)10-13)30-21(26,27)28/h2-10,26-28H,1H3,(H,24,25). The second-order valence-electron chi connectivity index (χ2n) is 6.55. The lowest BCUT2D eigenvalue weighted by Gasteiger charge is -2.16. The molecule has 0 spiro atoms.